The van der Waals surface area contributed by atoms with Gasteiger partial charge >= 0.3 is 0 Å². The van der Waals surface area contributed by atoms with E-state index in [2.05, 4.69) is 20.8 Å². The second-order valence-electron chi connectivity index (χ2n) is 5.69. The van der Waals surface area contributed by atoms with Crippen LogP contribution in [0.4, 0.5) is 0 Å². The van der Waals surface area contributed by atoms with Crippen molar-refractivity contribution in [2.45, 2.75) is 0 Å². The molecule has 0 aliphatic rings. The number of rotatable bonds is 3. The first-order chi connectivity index (χ1) is 13.2. The fraction of sp³-hybridized carbons (Fsp3) is 0. The van der Waals surface area contributed by atoms with Crippen molar-refractivity contribution in [2.75, 3.05) is 0 Å². The molecule has 2 N–H and O–H groups in total. The Morgan fingerprint density at radius 1 is 0.889 bits per heavy atom. The average molecular weight is 358 g/mol. The minimum Gasteiger partial charge on any atom is -0.463 e. The number of hydrogen-bond donors (Lipinski definition) is 2. The van der Waals surface area contributed by atoms with Crippen molar-refractivity contribution in [2.24, 2.45) is 0 Å². The van der Waals surface area contributed by atoms with Gasteiger partial charge in [0.15, 0.2) is 5.76 Å². The van der Waals surface area contributed by atoms with Crippen molar-refractivity contribution in [3.63, 3.8) is 0 Å². The largest absolute Gasteiger partial charge is 0.463 e. The van der Waals surface area contributed by atoms with Crippen LogP contribution >= 0.6 is 0 Å². The Bertz CT molecular complexity index is 1110. The SMILES string of the molecule is O=C(NNC(=O)c1cc(-c2ccco2)nc2ccccc12)c1ccncc1. The van der Waals surface area contributed by atoms with E-state index in [0.29, 0.717) is 33.5 Å². The first kappa shape index (κ1) is 16.5. The van der Waals surface area contributed by atoms with Gasteiger partial charge in [-0.15, -0.1) is 0 Å². The number of amides is 2. The van der Waals surface area contributed by atoms with Crippen molar-refractivity contribution in [3.8, 4) is 11.5 Å². The lowest BCUT2D eigenvalue weighted by molar-refractivity contribution is 0.0847. The van der Waals surface area contributed by atoms with Gasteiger partial charge in [-0.3, -0.25) is 25.4 Å². The van der Waals surface area contributed by atoms with Crippen molar-refractivity contribution in [1.82, 2.24) is 20.8 Å². The molecule has 4 aromatic rings. The van der Waals surface area contributed by atoms with E-state index >= 15 is 0 Å². The minimum absolute atomic E-state index is 0.377. The Morgan fingerprint density at radius 2 is 1.67 bits per heavy atom. The van der Waals surface area contributed by atoms with E-state index in [-0.39, 0.29) is 0 Å². The highest BCUT2D eigenvalue weighted by Gasteiger charge is 2.16. The lowest BCUT2D eigenvalue weighted by atomic mass is 10.1. The molecule has 0 saturated carbocycles. The van der Waals surface area contributed by atoms with Gasteiger partial charge in [-0.1, -0.05) is 18.2 Å². The number of carbonyl (C=O) groups excluding carboxylic acids is 2. The summed E-state index contributed by atoms with van der Waals surface area (Å²) in [6.45, 7) is 0. The molecule has 0 unspecified atom stereocenters. The van der Waals surface area contributed by atoms with Crippen LogP contribution in [0.5, 0.6) is 0 Å². The van der Waals surface area contributed by atoms with Crippen LogP contribution in [0.15, 0.2) is 77.7 Å². The first-order valence-corrected chi connectivity index (χ1v) is 8.17. The van der Waals surface area contributed by atoms with Crippen LogP contribution in [0.25, 0.3) is 22.4 Å². The molecule has 0 saturated heterocycles. The molecule has 0 radical (unpaired) electrons. The summed E-state index contributed by atoms with van der Waals surface area (Å²) in [6, 6.07) is 15.5. The van der Waals surface area contributed by atoms with Crippen LogP contribution in [0.1, 0.15) is 20.7 Å². The predicted octanol–water partition coefficient (Wildman–Crippen LogP) is 2.96. The van der Waals surface area contributed by atoms with E-state index < -0.39 is 11.8 Å². The summed E-state index contributed by atoms with van der Waals surface area (Å²) in [5.41, 5.74) is 6.80. The molecule has 3 aromatic heterocycles. The first-order valence-electron chi connectivity index (χ1n) is 8.17. The molecule has 0 aliphatic carbocycles. The summed E-state index contributed by atoms with van der Waals surface area (Å²) >= 11 is 0. The smallest absolute Gasteiger partial charge is 0.270 e. The quantitative estimate of drug-likeness (QED) is 0.549. The number of hydrogen-bond acceptors (Lipinski definition) is 5. The Kier molecular flexibility index (Phi) is 4.32. The number of nitrogens with one attached hydrogen (secondary N) is 2. The van der Waals surface area contributed by atoms with Gasteiger partial charge in [-0.05, 0) is 36.4 Å². The van der Waals surface area contributed by atoms with E-state index in [0.717, 1.165) is 0 Å². The molecular weight excluding hydrogens is 344 g/mol. The van der Waals surface area contributed by atoms with Gasteiger partial charge < -0.3 is 4.42 Å². The fourth-order valence-electron chi connectivity index (χ4n) is 2.67. The highest BCUT2D eigenvalue weighted by Crippen LogP contribution is 2.25. The summed E-state index contributed by atoms with van der Waals surface area (Å²) in [5, 5.41) is 0.670. The third-order valence-electron chi connectivity index (χ3n) is 3.97. The van der Waals surface area contributed by atoms with Gasteiger partial charge in [0.05, 0.1) is 17.3 Å². The molecule has 7 nitrogen and oxygen atoms in total. The van der Waals surface area contributed by atoms with Crippen molar-refractivity contribution in [1.29, 1.82) is 0 Å². The highest BCUT2D eigenvalue weighted by atomic mass is 16.3. The number of aromatic nitrogens is 2. The number of hydrazine groups is 1. The number of pyridine rings is 2. The van der Waals surface area contributed by atoms with Crippen LogP contribution in [0, 0.1) is 0 Å². The summed E-state index contributed by atoms with van der Waals surface area (Å²) in [7, 11) is 0. The van der Waals surface area contributed by atoms with E-state index in [4.69, 9.17) is 4.42 Å². The molecular formula is C20H14N4O3. The number of nitrogens with zero attached hydrogens (tertiary/aromatic N) is 2. The number of fused-ring (bicyclic) bond motifs is 1. The van der Waals surface area contributed by atoms with Crippen LogP contribution in [0.3, 0.4) is 0 Å². The Hall–Kier alpha value is -4.00. The van der Waals surface area contributed by atoms with Gasteiger partial charge in [0.1, 0.15) is 5.69 Å². The molecule has 0 fully saturated rings. The van der Waals surface area contributed by atoms with Crippen LogP contribution < -0.4 is 10.9 Å². The van der Waals surface area contributed by atoms with E-state index in [1.807, 2.05) is 18.2 Å². The summed E-state index contributed by atoms with van der Waals surface area (Å²) in [4.78, 5) is 33.2. The van der Waals surface area contributed by atoms with Gasteiger partial charge in [0.25, 0.3) is 11.8 Å². The number of carbonyl (C=O) groups is 2. The third-order valence-corrected chi connectivity index (χ3v) is 3.97. The Labute approximate surface area is 154 Å². The van der Waals surface area contributed by atoms with Crippen LogP contribution in [-0.4, -0.2) is 21.8 Å². The maximum atomic E-state index is 12.7. The van der Waals surface area contributed by atoms with Crippen molar-refractivity contribution >= 4 is 22.7 Å². The summed E-state index contributed by atoms with van der Waals surface area (Å²) in [5.74, 6) is -0.338. The highest BCUT2D eigenvalue weighted by molar-refractivity contribution is 6.08. The molecule has 3 heterocycles. The predicted molar refractivity (Wildman–Crippen MR) is 98.6 cm³/mol. The molecule has 7 heteroatoms. The second kappa shape index (κ2) is 7.09. The maximum absolute atomic E-state index is 12.7. The molecule has 132 valence electrons. The minimum atomic E-state index is -0.455. The lowest BCUT2D eigenvalue weighted by Gasteiger charge is -2.10. The number of furan rings is 1. The lowest BCUT2D eigenvalue weighted by Crippen LogP contribution is -2.41. The van der Waals surface area contributed by atoms with E-state index in [9.17, 15) is 9.59 Å². The molecule has 1 aromatic carbocycles. The molecule has 0 atom stereocenters. The third kappa shape index (κ3) is 3.38. The normalized spacial score (nSPS) is 10.5. The van der Waals surface area contributed by atoms with Crippen molar-refractivity contribution in [3.05, 3.63) is 84.4 Å². The maximum Gasteiger partial charge on any atom is 0.270 e. The van der Waals surface area contributed by atoms with E-state index in [1.165, 1.54) is 12.4 Å². The summed E-state index contributed by atoms with van der Waals surface area (Å²) in [6.07, 6.45) is 4.55. The molecule has 4 rings (SSSR count). The molecule has 2 amide bonds. The van der Waals surface area contributed by atoms with Gasteiger partial charge in [-0.25, -0.2) is 4.98 Å². The standard InChI is InChI=1S/C20H14N4O3/c25-19(13-7-9-21-10-8-13)23-24-20(26)15-12-17(18-6-3-11-27-18)22-16-5-2-1-4-14(15)16/h1-12H,(H,23,25)(H,24,26). The second-order valence-corrected chi connectivity index (χ2v) is 5.69. The zero-order valence-electron chi connectivity index (χ0n) is 14.0. The van der Waals surface area contributed by atoms with Gasteiger partial charge in [-0.2, -0.15) is 0 Å². The Morgan fingerprint density at radius 3 is 2.44 bits per heavy atom. The van der Waals surface area contributed by atoms with Crippen LogP contribution in [-0.2, 0) is 0 Å². The van der Waals surface area contributed by atoms with E-state index in [1.54, 1.807) is 42.7 Å². The molecule has 27 heavy (non-hydrogen) atoms. The number of para-hydroxylation sites is 1. The van der Waals surface area contributed by atoms with Crippen molar-refractivity contribution < 1.29 is 14.0 Å². The Balaban J connectivity index is 1.64. The van der Waals surface area contributed by atoms with Crippen LogP contribution in [0.2, 0.25) is 0 Å². The fourth-order valence-corrected chi connectivity index (χ4v) is 2.67. The molecule has 0 aliphatic heterocycles. The number of benzene rings is 1. The van der Waals surface area contributed by atoms with Gasteiger partial charge in [0.2, 0.25) is 0 Å². The zero-order chi connectivity index (χ0) is 18.6. The zero-order valence-corrected chi connectivity index (χ0v) is 14.0. The van der Waals surface area contributed by atoms with Gasteiger partial charge in [0, 0.05) is 23.3 Å². The topological polar surface area (TPSA) is 97.1 Å². The average Bonchev–Trinajstić information content (AvgIpc) is 3.26. The molecule has 0 bridgehead atoms. The summed E-state index contributed by atoms with van der Waals surface area (Å²) < 4.78 is 5.39. The monoisotopic (exact) mass is 358 g/mol. The molecule has 0 spiro atoms.